The van der Waals surface area contributed by atoms with E-state index >= 15 is 0 Å². The number of nitrogens with zero attached hydrogens (tertiary/aromatic N) is 3. The summed E-state index contributed by atoms with van der Waals surface area (Å²) in [6.45, 7) is 4.11. The SMILES string of the molecule is CN1CCC(CN(C)c2cc(CN)ccn2)CC1. The molecule has 18 heavy (non-hydrogen) atoms. The van der Waals surface area contributed by atoms with Crippen molar-refractivity contribution in [3.63, 3.8) is 0 Å². The molecule has 1 saturated heterocycles. The van der Waals surface area contributed by atoms with Crippen molar-refractivity contribution >= 4 is 5.82 Å². The van der Waals surface area contributed by atoms with E-state index in [9.17, 15) is 0 Å². The van der Waals surface area contributed by atoms with Gasteiger partial charge >= 0.3 is 0 Å². The predicted octanol–water partition coefficient (Wildman–Crippen LogP) is 1.32. The molecule has 2 rings (SSSR count). The molecular formula is C14H24N4. The van der Waals surface area contributed by atoms with Gasteiger partial charge in [-0.05, 0) is 56.6 Å². The second-order valence-corrected chi connectivity index (χ2v) is 5.35. The molecule has 2 heterocycles. The number of piperidine rings is 1. The van der Waals surface area contributed by atoms with E-state index in [4.69, 9.17) is 5.73 Å². The molecule has 1 fully saturated rings. The van der Waals surface area contributed by atoms with E-state index in [0.29, 0.717) is 6.54 Å². The van der Waals surface area contributed by atoms with Crippen molar-refractivity contribution < 1.29 is 0 Å². The smallest absolute Gasteiger partial charge is 0.128 e. The van der Waals surface area contributed by atoms with Crippen molar-refractivity contribution in [2.45, 2.75) is 19.4 Å². The number of nitrogens with two attached hydrogens (primary N) is 1. The van der Waals surface area contributed by atoms with Crippen LogP contribution in [0, 0.1) is 5.92 Å². The van der Waals surface area contributed by atoms with Gasteiger partial charge < -0.3 is 15.5 Å². The van der Waals surface area contributed by atoms with Gasteiger partial charge in [-0.1, -0.05) is 0 Å². The summed E-state index contributed by atoms with van der Waals surface area (Å²) < 4.78 is 0. The Labute approximate surface area is 110 Å². The molecule has 4 nitrogen and oxygen atoms in total. The molecule has 2 N–H and O–H groups in total. The molecule has 0 unspecified atom stereocenters. The van der Waals surface area contributed by atoms with Gasteiger partial charge in [-0.15, -0.1) is 0 Å². The van der Waals surface area contributed by atoms with Gasteiger partial charge in [-0.2, -0.15) is 0 Å². The Kier molecular flexibility index (Phi) is 4.55. The van der Waals surface area contributed by atoms with Crippen LogP contribution in [0.3, 0.4) is 0 Å². The topological polar surface area (TPSA) is 45.4 Å². The molecule has 0 amide bonds. The Morgan fingerprint density at radius 2 is 2.17 bits per heavy atom. The second-order valence-electron chi connectivity index (χ2n) is 5.35. The molecule has 0 aromatic carbocycles. The summed E-state index contributed by atoms with van der Waals surface area (Å²) >= 11 is 0. The fourth-order valence-electron chi connectivity index (χ4n) is 2.52. The molecule has 1 aromatic heterocycles. The van der Waals surface area contributed by atoms with E-state index in [1.54, 1.807) is 0 Å². The summed E-state index contributed by atoms with van der Waals surface area (Å²) in [6, 6.07) is 4.07. The number of likely N-dealkylation sites (tertiary alicyclic amines) is 1. The van der Waals surface area contributed by atoms with Crippen LogP contribution in [0.25, 0.3) is 0 Å². The van der Waals surface area contributed by atoms with Crippen molar-refractivity contribution in [3.8, 4) is 0 Å². The first-order chi connectivity index (χ1) is 8.69. The number of hydrogen-bond donors (Lipinski definition) is 1. The molecule has 0 aliphatic carbocycles. The Bertz CT molecular complexity index is 372. The van der Waals surface area contributed by atoms with Crippen LogP contribution in [0.5, 0.6) is 0 Å². The Morgan fingerprint density at radius 1 is 1.44 bits per heavy atom. The van der Waals surface area contributed by atoms with E-state index in [2.05, 4.69) is 34.9 Å². The van der Waals surface area contributed by atoms with Crippen LogP contribution >= 0.6 is 0 Å². The maximum atomic E-state index is 5.67. The minimum atomic E-state index is 0.581. The molecule has 0 saturated carbocycles. The van der Waals surface area contributed by atoms with E-state index in [1.807, 2.05) is 12.3 Å². The summed E-state index contributed by atoms with van der Waals surface area (Å²) in [5.74, 6) is 1.83. The molecular weight excluding hydrogens is 224 g/mol. The fraction of sp³-hybridized carbons (Fsp3) is 0.643. The van der Waals surface area contributed by atoms with Crippen LogP contribution in [0.4, 0.5) is 5.82 Å². The third-order valence-corrected chi connectivity index (χ3v) is 3.81. The van der Waals surface area contributed by atoms with Gasteiger partial charge in [0, 0.05) is 26.3 Å². The minimum Gasteiger partial charge on any atom is -0.359 e. The maximum absolute atomic E-state index is 5.67. The van der Waals surface area contributed by atoms with E-state index in [1.165, 1.54) is 25.9 Å². The first kappa shape index (κ1) is 13.3. The monoisotopic (exact) mass is 248 g/mol. The Balaban J connectivity index is 1.92. The number of anilines is 1. The number of hydrogen-bond acceptors (Lipinski definition) is 4. The molecule has 0 bridgehead atoms. The first-order valence-corrected chi connectivity index (χ1v) is 6.73. The first-order valence-electron chi connectivity index (χ1n) is 6.73. The summed E-state index contributed by atoms with van der Waals surface area (Å²) in [5.41, 5.74) is 6.81. The second kappa shape index (κ2) is 6.16. The van der Waals surface area contributed by atoms with Gasteiger partial charge in [0.25, 0.3) is 0 Å². The quantitative estimate of drug-likeness (QED) is 0.873. The molecule has 0 atom stereocenters. The van der Waals surface area contributed by atoms with Crippen LogP contribution in [-0.2, 0) is 6.54 Å². The summed E-state index contributed by atoms with van der Waals surface area (Å²) in [4.78, 5) is 9.09. The van der Waals surface area contributed by atoms with Crippen LogP contribution in [0.1, 0.15) is 18.4 Å². The third kappa shape index (κ3) is 3.43. The average Bonchev–Trinajstić information content (AvgIpc) is 2.41. The van der Waals surface area contributed by atoms with Crippen molar-refractivity contribution in [2.24, 2.45) is 11.7 Å². The zero-order chi connectivity index (χ0) is 13.0. The maximum Gasteiger partial charge on any atom is 0.128 e. The number of aromatic nitrogens is 1. The molecule has 1 aliphatic heterocycles. The van der Waals surface area contributed by atoms with Crippen molar-refractivity contribution in [1.82, 2.24) is 9.88 Å². The van der Waals surface area contributed by atoms with Crippen molar-refractivity contribution in [2.75, 3.05) is 38.6 Å². The standard InChI is InChI=1S/C14H24N4/c1-17-7-4-12(5-8-17)11-18(2)14-9-13(10-15)3-6-16-14/h3,6,9,12H,4-5,7-8,10-11,15H2,1-2H3. The average molecular weight is 248 g/mol. The summed E-state index contributed by atoms with van der Waals surface area (Å²) in [7, 11) is 4.33. The van der Waals surface area contributed by atoms with E-state index in [0.717, 1.165) is 23.8 Å². The van der Waals surface area contributed by atoms with Crippen LogP contribution < -0.4 is 10.6 Å². The van der Waals surface area contributed by atoms with Gasteiger partial charge in [0.15, 0.2) is 0 Å². The zero-order valence-electron chi connectivity index (χ0n) is 11.5. The van der Waals surface area contributed by atoms with E-state index < -0.39 is 0 Å². The van der Waals surface area contributed by atoms with Crippen LogP contribution in [0.2, 0.25) is 0 Å². The van der Waals surface area contributed by atoms with Gasteiger partial charge in [-0.25, -0.2) is 4.98 Å². The summed E-state index contributed by atoms with van der Waals surface area (Å²) in [5, 5.41) is 0. The highest BCUT2D eigenvalue weighted by atomic mass is 15.2. The van der Waals surface area contributed by atoms with Gasteiger partial charge in [0.05, 0.1) is 0 Å². The number of pyridine rings is 1. The highest BCUT2D eigenvalue weighted by Gasteiger charge is 2.18. The largest absolute Gasteiger partial charge is 0.359 e. The normalized spacial score (nSPS) is 17.9. The lowest BCUT2D eigenvalue weighted by atomic mass is 9.97. The molecule has 0 spiro atoms. The predicted molar refractivity (Wildman–Crippen MR) is 75.6 cm³/mol. The molecule has 4 heteroatoms. The Morgan fingerprint density at radius 3 is 2.83 bits per heavy atom. The lowest BCUT2D eigenvalue weighted by Crippen LogP contribution is -2.36. The van der Waals surface area contributed by atoms with Gasteiger partial charge in [0.2, 0.25) is 0 Å². The highest BCUT2D eigenvalue weighted by molar-refractivity contribution is 5.40. The third-order valence-electron chi connectivity index (χ3n) is 3.81. The van der Waals surface area contributed by atoms with Gasteiger partial charge in [-0.3, -0.25) is 0 Å². The Hall–Kier alpha value is -1.13. The molecule has 1 aromatic rings. The summed E-state index contributed by atoms with van der Waals surface area (Å²) in [6.07, 6.45) is 4.43. The number of rotatable bonds is 4. The van der Waals surface area contributed by atoms with Crippen molar-refractivity contribution in [1.29, 1.82) is 0 Å². The van der Waals surface area contributed by atoms with Crippen LogP contribution in [-0.4, -0.2) is 43.6 Å². The lowest BCUT2D eigenvalue weighted by molar-refractivity contribution is 0.222. The molecule has 1 aliphatic rings. The zero-order valence-corrected chi connectivity index (χ0v) is 11.5. The van der Waals surface area contributed by atoms with E-state index in [-0.39, 0.29) is 0 Å². The molecule has 100 valence electrons. The van der Waals surface area contributed by atoms with Gasteiger partial charge in [0.1, 0.15) is 5.82 Å². The van der Waals surface area contributed by atoms with Crippen LogP contribution in [0.15, 0.2) is 18.3 Å². The highest BCUT2D eigenvalue weighted by Crippen LogP contribution is 2.19. The van der Waals surface area contributed by atoms with Crippen molar-refractivity contribution in [3.05, 3.63) is 23.9 Å². The fourth-order valence-corrected chi connectivity index (χ4v) is 2.52. The molecule has 0 radical (unpaired) electrons. The minimum absolute atomic E-state index is 0.581. The lowest BCUT2D eigenvalue weighted by Gasteiger charge is -2.32.